The Kier molecular flexibility index (Phi) is 9.38. The van der Waals surface area contributed by atoms with Crippen molar-refractivity contribution in [2.45, 2.75) is 59.4 Å². The standard InChI is InChI=1S/C26H38N4O2/c1-4-27-26(29-18-23-11-6-20(3)16-25(23)32-5-2)28-17-21-7-9-22(10-8-21)19-30-14-12-24(31)13-15-30/h6-11,16,24,31H,4-5,12-15,17-19H2,1-3H3,(H2,27,28,29). The van der Waals surface area contributed by atoms with Crippen LogP contribution in [0.3, 0.4) is 0 Å². The van der Waals surface area contributed by atoms with Gasteiger partial charge in [-0.3, -0.25) is 4.90 Å². The number of piperidine rings is 1. The van der Waals surface area contributed by atoms with Crippen LogP contribution in [0, 0.1) is 6.92 Å². The number of nitrogens with one attached hydrogen (secondary N) is 2. The quantitative estimate of drug-likeness (QED) is 0.412. The number of ether oxygens (including phenoxy) is 1. The number of aliphatic imine (C=N–C) groups is 1. The van der Waals surface area contributed by atoms with E-state index < -0.39 is 0 Å². The first-order valence-corrected chi connectivity index (χ1v) is 11.8. The third kappa shape index (κ3) is 7.53. The predicted octanol–water partition coefficient (Wildman–Crippen LogP) is 3.61. The van der Waals surface area contributed by atoms with Crippen molar-refractivity contribution in [3.8, 4) is 5.75 Å². The molecule has 0 bridgehead atoms. The lowest BCUT2D eigenvalue weighted by molar-refractivity contribution is 0.0792. The van der Waals surface area contributed by atoms with Gasteiger partial charge in [-0.15, -0.1) is 0 Å². The van der Waals surface area contributed by atoms with Crippen molar-refractivity contribution < 1.29 is 9.84 Å². The van der Waals surface area contributed by atoms with Crippen molar-refractivity contribution in [3.63, 3.8) is 0 Å². The molecule has 2 aromatic rings. The molecule has 1 fully saturated rings. The van der Waals surface area contributed by atoms with Crippen LogP contribution < -0.4 is 15.4 Å². The molecule has 0 saturated carbocycles. The fraction of sp³-hybridized carbons (Fsp3) is 0.500. The molecule has 32 heavy (non-hydrogen) atoms. The minimum absolute atomic E-state index is 0.122. The van der Waals surface area contributed by atoms with E-state index in [1.165, 1.54) is 16.7 Å². The second-order valence-electron chi connectivity index (χ2n) is 8.42. The first-order chi connectivity index (χ1) is 15.6. The summed E-state index contributed by atoms with van der Waals surface area (Å²) >= 11 is 0. The highest BCUT2D eigenvalue weighted by atomic mass is 16.5. The maximum Gasteiger partial charge on any atom is 0.191 e. The maximum atomic E-state index is 9.67. The molecule has 174 valence electrons. The van der Waals surface area contributed by atoms with E-state index in [0.717, 1.165) is 56.3 Å². The van der Waals surface area contributed by atoms with Crippen molar-refractivity contribution in [2.24, 2.45) is 4.99 Å². The van der Waals surface area contributed by atoms with Gasteiger partial charge < -0.3 is 20.5 Å². The van der Waals surface area contributed by atoms with Crippen LogP contribution in [0.4, 0.5) is 0 Å². The number of hydrogen-bond acceptors (Lipinski definition) is 4. The molecule has 6 heteroatoms. The molecule has 0 unspecified atom stereocenters. The second kappa shape index (κ2) is 12.5. The lowest BCUT2D eigenvalue weighted by Gasteiger charge is -2.29. The molecule has 1 heterocycles. The number of benzene rings is 2. The summed E-state index contributed by atoms with van der Waals surface area (Å²) < 4.78 is 5.79. The van der Waals surface area contributed by atoms with Gasteiger partial charge >= 0.3 is 0 Å². The molecule has 3 N–H and O–H groups in total. The summed E-state index contributed by atoms with van der Waals surface area (Å²) in [5, 5.41) is 16.4. The van der Waals surface area contributed by atoms with E-state index in [1.54, 1.807) is 0 Å². The molecule has 0 aromatic heterocycles. The fourth-order valence-corrected chi connectivity index (χ4v) is 3.87. The Hall–Kier alpha value is -2.57. The third-order valence-electron chi connectivity index (χ3n) is 5.72. The number of nitrogens with zero attached hydrogens (tertiary/aromatic N) is 2. The zero-order chi connectivity index (χ0) is 22.8. The van der Waals surface area contributed by atoms with Gasteiger partial charge in [0.15, 0.2) is 5.96 Å². The number of aryl methyl sites for hydroxylation is 1. The molecule has 0 amide bonds. The maximum absolute atomic E-state index is 9.67. The third-order valence-corrected chi connectivity index (χ3v) is 5.72. The Morgan fingerprint density at radius 3 is 2.47 bits per heavy atom. The van der Waals surface area contributed by atoms with Crippen molar-refractivity contribution >= 4 is 5.96 Å². The van der Waals surface area contributed by atoms with E-state index in [1.807, 2.05) is 6.92 Å². The minimum atomic E-state index is -0.122. The Bertz CT molecular complexity index is 859. The number of aliphatic hydroxyl groups is 1. The average Bonchev–Trinajstić information content (AvgIpc) is 2.79. The van der Waals surface area contributed by atoms with E-state index in [-0.39, 0.29) is 6.10 Å². The topological polar surface area (TPSA) is 69.1 Å². The summed E-state index contributed by atoms with van der Waals surface area (Å²) in [7, 11) is 0. The first kappa shape index (κ1) is 24.1. The van der Waals surface area contributed by atoms with Crippen LogP contribution >= 0.6 is 0 Å². The van der Waals surface area contributed by atoms with Gasteiger partial charge in [-0.1, -0.05) is 36.4 Å². The predicted molar refractivity (Wildman–Crippen MR) is 131 cm³/mol. The highest BCUT2D eigenvalue weighted by Gasteiger charge is 2.16. The molecule has 1 saturated heterocycles. The van der Waals surface area contributed by atoms with Gasteiger partial charge in [0.2, 0.25) is 0 Å². The van der Waals surface area contributed by atoms with Crippen LogP contribution in [-0.2, 0) is 19.6 Å². The van der Waals surface area contributed by atoms with Crippen LogP contribution in [0.15, 0.2) is 47.5 Å². The Balaban J connectivity index is 1.55. The van der Waals surface area contributed by atoms with Gasteiger partial charge in [-0.25, -0.2) is 4.99 Å². The number of aliphatic hydroxyl groups excluding tert-OH is 1. The van der Waals surface area contributed by atoms with Gasteiger partial charge in [0.05, 0.1) is 19.3 Å². The summed E-state index contributed by atoms with van der Waals surface area (Å²) in [5.41, 5.74) is 4.81. The van der Waals surface area contributed by atoms with Gasteiger partial charge in [-0.05, 0) is 56.4 Å². The molecule has 2 aromatic carbocycles. The first-order valence-electron chi connectivity index (χ1n) is 11.8. The monoisotopic (exact) mass is 438 g/mol. The highest BCUT2D eigenvalue weighted by Crippen LogP contribution is 2.20. The molecule has 0 atom stereocenters. The normalized spacial score (nSPS) is 15.6. The van der Waals surface area contributed by atoms with Gasteiger partial charge in [-0.2, -0.15) is 0 Å². The Labute approximate surface area is 192 Å². The van der Waals surface area contributed by atoms with E-state index >= 15 is 0 Å². The Morgan fingerprint density at radius 2 is 1.78 bits per heavy atom. The molecule has 0 spiro atoms. The average molecular weight is 439 g/mol. The molecule has 6 nitrogen and oxygen atoms in total. The van der Waals surface area contributed by atoms with E-state index in [2.05, 4.69) is 71.8 Å². The number of rotatable bonds is 9. The summed E-state index contributed by atoms with van der Waals surface area (Å²) in [5.74, 6) is 1.72. The fourth-order valence-electron chi connectivity index (χ4n) is 3.87. The van der Waals surface area contributed by atoms with Gasteiger partial charge in [0.1, 0.15) is 5.75 Å². The van der Waals surface area contributed by atoms with Crippen LogP contribution in [0.5, 0.6) is 5.75 Å². The summed E-state index contributed by atoms with van der Waals surface area (Å²) in [4.78, 5) is 7.17. The highest BCUT2D eigenvalue weighted by molar-refractivity contribution is 5.79. The smallest absolute Gasteiger partial charge is 0.191 e. The molecule has 1 aliphatic heterocycles. The molecular formula is C26H38N4O2. The summed E-state index contributed by atoms with van der Waals surface area (Å²) in [6.07, 6.45) is 1.63. The van der Waals surface area contributed by atoms with E-state index in [4.69, 9.17) is 9.73 Å². The van der Waals surface area contributed by atoms with Crippen LogP contribution in [-0.4, -0.2) is 48.3 Å². The molecule has 0 aliphatic carbocycles. The van der Waals surface area contributed by atoms with Crippen LogP contribution in [0.25, 0.3) is 0 Å². The van der Waals surface area contributed by atoms with Gasteiger partial charge in [0.25, 0.3) is 0 Å². The minimum Gasteiger partial charge on any atom is -0.494 e. The van der Waals surface area contributed by atoms with Crippen molar-refractivity contribution in [2.75, 3.05) is 26.2 Å². The van der Waals surface area contributed by atoms with E-state index in [9.17, 15) is 5.11 Å². The largest absolute Gasteiger partial charge is 0.494 e. The Morgan fingerprint density at radius 1 is 1.06 bits per heavy atom. The lowest BCUT2D eigenvalue weighted by atomic mass is 10.1. The van der Waals surface area contributed by atoms with E-state index in [0.29, 0.717) is 19.7 Å². The number of likely N-dealkylation sites (tertiary alicyclic amines) is 1. The molecule has 1 aliphatic rings. The molecular weight excluding hydrogens is 400 g/mol. The number of guanidine groups is 1. The SMILES string of the molecule is CCNC(=NCc1ccc(CN2CCC(O)CC2)cc1)NCc1ccc(C)cc1OCC. The van der Waals surface area contributed by atoms with Crippen molar-refractivity contribution in [1.82, 2.24) is 15.5 Å². The molecule has 3 rings (SSSR count). The number of hydrogen-bond donors (Lipinski definition) is 3. The van der Waals surface area contributed by atoms with Gasteiger partial charge in [0, 0.05) is 38.3 Å². The zero-order valence-corrected chi connectivity index (χ0v) is 19.7. The van der Waals surface area contributed by atoms with Crippen molar-refractivity contribution in [3.05, 3.63) is 64.7 Å². The summed E-state index contributed by atoms with van der Waals surface area (Å²) in [6.45, 7) is 11.8. The lowest BCUT2D eigenvalue weighted by Crippen LogP contribution is -2.36. The summed E-state index contributed by atoms with van der Waals surface area (Å²) in [6, 6.07) is 15.0. The van der Waals surface area contributed by atoms with Crippen LogP contribution in [0.2, 0.25) is 0 Å². The second-order valence-corrected chi connectivity index (χ2v) is 8.42. The van der Waals surface area contributed by atoms with Crippen LogP contribution in [0.1, 0.15) is 48.9 Å². The van der Waals surface area contributed by atoms with Crippen molar-refractivity contribution in [1.29, 1.82) is 0 Å². The molecule has 0 radical (unpaired) electrons. The zero-order valence-electron chi connectivity index (χ0n) is 19.7.